The smallest absolute Gasteiger partial charge is 0.225 e. The van der Waals surface area contributed by atoms with E-state index < -0.39 is 0 Å². The zero-order valence-electron chi connectivity index (χ0n) is 16.3. The minimum absolute atomic E-state index is 0.0733. The number of aromatic amines is 1. The second-order valence-electron chi connectivity index (χ2n) is 6.94. The number of H-pyrrole nitrogens is 1. The van der Waals surface area contributed by atoms with Crippen LogP contribution in [0.5, 0.6) is 5.75 Å². The molecule has 0 aliphatic carbocycles. The largest absolute Gasteiger partial charge is 0.496 e. The quantitative estimate of drug-likeness (QED) is 0.501. The number of carbonyl (C=O) groups is 1. The Bertz CT molecular complexity index is 1070. The minimum atomic E-state index is -0.257. The van der Waals surface area contributed by atoms with E-state index >= 15 is 0 Å². The molecule has 1 atom stereocenters. The van der Waals surface area contributed by atoms with E-state index in [2.05, 4.69) is 22.4 Å². The van der Waals surface area contributed by atoms with E-state index in [4.69, 9.17) is 9.72 Å². The Labute approximate surface area is 169 Å². The number of ether oxygens (including phenoxy) is 1. The molecule has 0 fully saturated rings. The van der Waals surface area contributed by atoms with Gasteiger partial charge in [0.05, 0.1) is 30.6 Å². The van der Waals surface area contributed by atoms with Crippen LogP contribution >= 0.6 is 0 Å². The van der Waals surface area contributed by atoms with E-state index in [1.165, 1.54) is 0 Å². The first-order valence-corrected chi connectivity index (χ1v) is 9.63. The molecule has 1 amide bonds. The molecule has 0 aliphatic rings. The highest BCUT2D eigenvalue weighted by Crippen LogP contribution is 2.21. The third-order valence-electron chi connectivity index (χ3n) is 4.90. The van der Waals surface area contributed by atoms with Gasteiger partial charge in [-0.3, -0.25) is 4.79 Å². The lowest BCUT2D eigenvalue weighted by molar-refractivity contribution is -0.121. The van der Waals surface area contributed by atoms with Crippen molar-refractivity contribution in [1.29, 1.82) is 0 Å². The van der Waals surface area contributed by atoms with Crippen LogP contribution in [0.2, 0.25) is 0 Å². The molecule has 0 saturated carbocycles. The number of benzene rings is 3. The summed E-state index contributed by atoms with van der Waals surface area (Å²) < 4.78 is 5.37. The Kier molecular flexibility index (Phi) is 5.56. The lowest BCUT2D eigenvalue weighted by atomic mass is 10.0. The van der Waals surface area contributed by atoms with Crippen LogP contribution in [0.15, 0.2) is 78.9 Å². The highest BCUT2D eigenvalue weighted by molar-refractivity contribution is 5.80. The molecule has 0 bridgehead atoms. The van der Waals surface area contributed by atoms with Gasteiger partial charge in [0, 0.05) is 5.56 Å². The zero-order chi connectivity index (χ0) is 20.1. The average molecular weight is 385 g/mol. The summed E-state index contributed by atoms with van der Waals surface area (Å²) in [6, 6.07) is 25.3. The van der Waals surface area contributed by atoms with E-state index in [1.807, 2.05) is 66.7 Å². The SMILES string of the molecule is COc1ccccc1CC(=O)N[C@H](Cc1ccccc1)c1nc2ccccc2[nH]1. The van der Waals surface area contributed by atoms with Crippen molar-refractivity contribution in [3.63, 3.8) is 0 Å². The second kappa shape index (κ2) is 8.61. The van der Waals surface area contributed by atoms with Crippen molar-refractivity contribution in [3.05, 3.63) is 95.8 Å². The topological polar surface area (TPSA) is 67.0 Å². The molecule has 29 heavy (non-hydrogen) atoms. The molecular formula is C24H23N3O2. The molecular weight excluding hydrogens is 362 g/mol. The first kappa shape index (κ1) is 18.7. The standard InChI is InChI=1S/C24H23N3O2/c1-29-22-14-8-5-11-18(22)16-23(28)25-21(15-17-9-3-2-4-10-17)24-26-19-12-6-7-13-20(19)27-24/h2-14,21H,15-16H2,1H3,(H,25,28)(H,26,27)/t21-/m1/s1. The maximum absolute atomic E-state index is 12.9. The van der Waals surface area contributed by atoms with Crippen molar-refractivity contribution < 1.29 is 9.53 Å². The number of para-hydroxylation sites is 3. The Hall–Kier alpha value is -3.60. The third kappa shape index (κ3) is 4.46. The van der Waals surface area contributed by atoms with Crippen molar-refractivity contribution in [2.45, 2.75) is 18.9 Å². The summed E-state index contributed by atoms with van der Waals surface area (Å²) in [4.78, 5) is 20.9. The number of fused-ring (bicyclic) bond motifs is 1. The Morgan fingerprint density at radius 1 is 1.00 bits per heavy atom. The predicted octanol–water partition coefficient (Wildman–Crippen LogP) is 4.21. The van der Waals surface area contributed by atoms with Crippen LogP contribution in [-0.4, -0.2) is 23.0 Å². The lowest BCUT2D eigenvalue weighted by Gasteiger charge is -2.17. The summed E-state index contributed by atoms with van der Waals surface area (Å²) in [7, 11) is 1.61. The molecule has 4 rings (SSSR count). The van der Waals surface area contributed by atoms with Gasteiger partial charge in [-0.05, 0) is 30.2 Å². The molecule has 5 heteroatoms. The fraction of sp³-hybridized carbons (Fsp3) is 0.167. The van der Waals surface area contributed by atoms with Gasteiger partial charge in [0.2, 0.25) is 5.91 Å². The van der Waals surface area contributed by atoms with Gasteiger partial charge in [-0.25, -0.2) is 4.98 Å². The summed E-state index contributed by atoms with van der Waals surface area (Å²) in [6.45, 7) is 0. The van der Waals surface area contributed by atoms with Gasteiger partial charge in [-0.1, -0.05) is 60.7 Å². The number of methoxy groups -OCH3 is 1. The van der Waals surface area contributed by atoms with Gasteiger partial charge in [0.15, 0.2) is 0 Å². The molecule has 146 valence electrons. The van der Waals surface area contributed by atoms with Crippen molar-refractivity contribution in [2.75, 3.05) is 7.11 Å². The number of nitrogens with zero attached hydrogens (tertiary/aromatic N) is 1. The molecule has 2 N–H and O–H groups in total. The number of hydrogen-bond donors (Lipinski definition) is 2. The summed E-state index contributed by atoms with van der Waals surface area (Å²) in [5, 5.41) is 3.15. The fourth-order valence-electron chi connectivity index (χ4n) is 3.47. The summed E-state index contributed by atoms with van der Waals surface area (Å²) >= 11 is 0. The van der Waals surface area contributed by atoms with Crippen LogP contribution in [0, 0.1) is 0 Å². The first-order valence-electron chi connectivity index (χ1n) is 9.63. The monoisotopic (exact) mass is 385 g/mol. The number of hydrogen-bond acceptors (Lipinski definition) is 3. The number of nitrogens with one attached hydrogen (secondary N) is 2. The highest BCUT2D eigenvalue weighted by Gasteiger charge is 2.20. The van der Waals surface area contributed by atoms with Crippen LogP contribution in [0.25, 0.3) is 11.0 Å². The normalized spacial score (nSPS) is 11.9. The van der Waals surface area contributed by atoms with Gasteiger partial charge in [-0.15, -0.1) is 0 Å². The van der Waals surface area contributed by atoms with Gasteiger partial charge >= 0.3 is 0 Å². The Morgan fingerprint density at radius 3 is 2.52 bits per heavy atom. The summed E-state index contributed by atoms with van der Waals surface area (Å²) in [5.74, 6) is 1.39. The van der Waals surface area contributed by atoms with Crippen molar-refractivity contribution in [2.24, 2.45) is 0 Å². The third-order valence-corrected chi connectivity index (χ3v) is 4.90. The van der Waals surface area contributed by atoms with Crippen LogP contribution in [-0.2, 0) is 17.6 Å². The van der Waals surface area contributed by atoms with Crippen LogP contribution in [0.3, 0.4) is 0 Å². The van der Waals surface area contributed by atoms with Gasteiger partial charge in [0.25, 0.3) is 0 Å². The number of rotatable bonds is 7. The predicted molar refractivity (Wildman–Crippen MR) is 114 cm³/mol. The molecule has 0 spiro atoms. The van der Waals surface area contributed by atoms with Crippen LogP contribution in [0.4, 0.5) is 0 Å². The molecule has 0 radical (unpaired) electrons. The molecule has 1 aromatic heterocycles. The van der Waals surface area contributed by atoms with Crippen LogP contribution < -0.4 is 10.1 Å². The van der Waals surface area contributed by atoms with Crippen LogP contribution in [0.1, 0.15) is 23.0 Å². The van der Waals surface area contributed by atoms with E-state index in [0.717, 1.165) is 28.0 Å². The van der Waals surface area contributed by atoms with Gasteiger partial charge < -0.3 is 15.0 Å². The van der Waals surface area contributed by atoms with E-state index in [-0.39, 0.29) is 18.4 Å². The maximum atomic E-state index is 12.9. The lowest BCUT2D eigenvalue weighted by Crippen LogP contribution is -2.32. The first-order chi connectivity index (χ1) is 14.2. The summed E-state index contributed by atoms with van der Waals surface area (Å²) in [6.07, 6.45) is 0.897. The molecule has 5 nitrogen and oxygen atoms in total. The zero-order valence-corrected chi connectivity index (χ0v) is 16.3. The Morgan fingerprint density at radius 2 is 1.72 bits per heavy atom. The molecule has 3 aromatic carbocycles. The number of imidazole rings is 1. The molecule has 0 saturated heterocycles. The van der Waals surface area contributed by atoms with E-state index in [9.17, 15) is 4.79 Å². The molecule has 0 aliphatic heterocycles. The molecule has 0 unspecified atom stereocenters. The average Bonchev–Trinajstić information content (AvgIpc) is 3.19. The minimum Gasteiger partial charge on any atom is -0.496 e. The second-order valence-corrected chi connectivity index (χ2v) is 6.94. The molecule has 4 aromatic rings. The highest BCUT2D eigenvalue weighted by atomic mass is 16.5. The van der Waals surface area contributed by atoms with Gasteiger partial charge in [0.1, 0.15) is 11.6 Å². The maximum Gasteiger partial charge on any atom is 0.225 e. The van der Waals surface area contributed by atoms with Crippen molar-refractivity contribution in [3.8, 4) is 5.75 Å². The number of carbonyl (C=O) groups excluding carboxylic acids is 1. The van der Waals surface area contributed by atoms with E-state index in [1.54, 1.807) is 7.11 Å². The number of aromatic nitrogens is 2. The van der Waals surface area contributed by atoms with Crippen molar-refractivity contribution in [1.82, 2.24) is 15.3 Å². The van der Waals surface area contributed by atoms with Crippen molar-refractivity contribution >= 4 is 16.9 Å². The number of amides is 1. The Balaban J connectivity index is 1.58. The summed E-state index contributed by atoms with van der Waals surface area (Å²) in [5.41, 5.74) is 3.84. The van der Waals surface area contributed by atoms with Gasteiger partial charge in [-0.2, -0.15) is 0 Å². The molecule has 1 heterocycles. The fourth-order valence-corrected chi connectivity index (χ4v) is 3.47. The van der Waals surface area contributed by atoms with E-state index in [0.29, 0.717) is 12.2 Å².